The van der Waals surface area contributed by atoms with Crippen molar-refractivity contribution in [3.8, 4) is 0 Å². The van der Waals surface area contributed by atoms with Gasteiger partial charge < -0.3 is 9.09 Å². The lowest BCUT2D eigenvalue weighted by Crippen LogP contribution is -2.05. The van der Waals surface area contributed by atoms with Crippen LogP contribution in [0.5, 0.6) is 0 Å². The number of hydrogen-bond acceptors (Lipinski definition) is 3. The Morgan fingerprint density at radius 2 is 2.25 bits per heavy atom. The van der Waals surface area contributed by atoms with Crippen molar-refractivity contribution in [1.29, 1.82) is 0 Å². The Balaban J connectivity index is 2.20. The van der Waals surface area contributed by atoms with E-state index in [0.717, 1.165) is 0 Å². The molecule has 0 spiro atoms. The van der Waals surface area contributed by atoms with Crippen LogP contribution >= 0.6 is 23.2 Å². The number of benzene rings is 1. The lowest BCUT2D eigenvalue weighted by molar-refractivity contribution is 0.376. The monoisotopic (exact) mass is 313 g/mol. The molecule has 0 bridgehead atoms. The highest BCUT2D eigenvalue weighted by atomic mass is 35.5. The summed E-state index contributed by atoms with van der Waals surface area (Å²) >= 11 is 11.9. The van der Waals surface area contributed by atoms with Crippen LogP contribution in [0.1, 0.15) is 23.9 Å². The fourth-order valence-electron chi connectivity index (χ4n) is 2.09. The smallest absolute Gasteiger partial charge is 0.156 e. The molecule has 7 heteroatoms. The minimum Gasteiger partial charge on any atom is -0.359 e. The van der Waals surface area contributed by atoms with Gasteiger partial charge in [-0.3, -0.25) is 0 Å². The Hall–Kier alpha value is -1.59. The van der Waals surface area contributed by atoms with E-state index in [2.05, 4.69) is 10.1 Å². The summed E-state index contributed by atoms with van der Waals surface area (Å²) in [6.07, 6.45) is 1.55. The number of fused-ring (bicyclic) bond motifs is 1. The SMILES string of the molecule is CC(Cl)c1nc2cc(Cl)c(F)cc2n1Cc1ccno1. The fourth-order valence-corrected chi connectivity index (χ4v) is 2.41. The number of aromatic nitrogens is 3. The summed E-state index contributed by atoms with van der Waals surface area (Å²) in [5.74, 6) is 0.768. The zero-order valence-corrected chi connectivity index (χ0v) is 12.0. The van der Waals surface area contributed by atoms with Crippen LogP contribution in [0.25, 0.3) is 11.0 Å². The number of halogens is 3. The van der Waals surface area contributed by atoms with E-state index in [4.69, 9.17) is 27.7 Å². The number of hydrogen-bond donors (Lipinski definition) is 0. The zero-order chi connectivity index (χ0) is 14.3. The maximum absolute atomic E-state index is 13.7. The minimum absolute atomic E-state index is 0.0376. The van der Waals surface area contributed by atoms with E-state index in [0.29, 0.717) is 29.2 Å². The summed E-state index contributed by atoms with van der Waals surface area (Å²) in [4.78, 5) is 4.41. The first kappa shape index (κ1) is 13.4. The molecule has 0 aliphatic heterocycles. The average Bonchev–Trinajstić information content (AvgIpc) is 3.00. The van der Waals surface area contributed by atoms with Crippen LogP contribution in [0.3, 0.4) is 0 Å². The predicted octanol–water partition coefficient (Wildman–Crippen LogP) is 4.16. The van der Waals surface area contributed by atoms with Gasteiger partial charge in [0.2, 0.25) is 0 Å². The van der Waals surface area contributed by atoms with Crippen molar-refractivity contribution in [2.45, 2.75) is 18.8 Å². The zero-order valence-electron chi connectivity index (χ0n) is 10.5. The van der Waals surface area contributed by atoms with Crippen LogP contribution in [0.2, 0.25) is 5.02 Å². The van der Waals surface area contributed by atoms with E-state index >= 15 is 0 Å². The molecule has 0 aliphatic rings. The normalized spacial score (nSPS) is 13.0. The first-order valence-electron chi connectivity index (χ1n) is 5.95. The molecule has 0 radical (unpaired) electrons. The van der Waals surface area contributed by atoms with E-state index in [1.807, 2.05) is 0 Å². The Labute approximate surface area is 124 Å². The lowest BCUT2D eigenvalue weighted by Gasteiger charge is -2.08. The first-order valence-corrected chi connectivity index (χ1v) is 6.76. The molecule has 0 amide bonds. The van der Waals surface area contributed by atoms with Gasteiger partial charge in [0.05, 0.1) is 34.2 Å². The van der Waals surface area contributed by atoms with Gasteiger partial charge in [-0.15, -0.1) is 11.6 Å². The third-order valence-electron chi connectivity index (χ3n) is 2.98. The molecule has 20 heavy (non-hydrogen) atoms. The van der Waals surface area contributed by atoms with Gasteiger partial charge in [0.25, 0.3) is 0 Å². The second-order valence-corrected chi connectivity index (χ2v) is 5.47. The van der Waals surface area contributed by atoms with Crippen molar-refractivity contribution in [3.63, 3.8) is 0 Å². The maximum atomic E-state index is 13.7. The second kappa shape index (κ2) is 5.07. The lowest BCUT2D eigenvalue weighted by atomic mass is 10.3. The fraction of sp³-hybridized carbons (Fsp3) is 0.231. The highest BCUT2D eigenvalue weighted by Crippen LogP contribution is 2.28. The van der Waals surface area contributed by atoms with E-state index in [1.54, 1.807) is 23.8 Å². The number of imidazole rings is 1. The summed E-state index contributed by atoms with van der Waals surface area (Å²) in [5, 5.41) is 3.36. The molecular weight excluding hydrogens is 304 g/mol. The van der Waals surface area contributed by atoms with Gasteiger partial charge in [0.15, 0.2) is 5.76 Å². The van der Waals surface area contributed by atoms with Crippen molar-refractivity contribution in [2.75, 3.05) is 0 Å². The van der Waals surface area contributed by atoms with Crippen LogP contribution < -0.4 is 0 Å². The summed E-state index contributed by atoms with van der Waals surface area (Å²) in [6.45, 7) is 2.18. The number of nitrogens with zero attached hydrogens (tertiary/aromatic N) is 3. The number of alkyl halides is 1. The molecule has 1 aromatic carbocycles. The molecule has 104 valence electrons. The Kier molecular flexibility index (Phi) is 3.40. The van der Waals surface area contributed by atoms with Gasteiger partial charge in [0, 0.05) is 12.1 Å². The Morgan fingerprint density at radius 3 is 2.90 bits per heavy atom. The van der Waals surface area contributed by atoms with Crippen LogP contribution in [-0.4, -0.2) is 14.7 Å². The molecule has 0 aliphatic carbocycles. The van der Waals surface area contributed by atoms with Crippen LogP contribution in [0, 0.1) is 5.82 Å². The van der Waals surface area contributed by atoms with Gasteiger partial charge >= 0.3 is 0 Å². The molecule has 0 saturated carbocycles. The van der Waals surface area contributed by atoms with E-state index in [-0.39, 0.29) is 10.4 Å². The van der Waals surface area contributed by atoms with Gasteiger partial charge in [-0.2, -0.15) is 0 Å². The van der Waals surface area contributed by atoms with Crippen LogP contribution in [0.4, 0.5) is 4.39 Å². The highest BCUT2D eigenvalue weighted by Gasteiger charge is 2.18. The number of rotatable bonds is 3. The molecule has 2 aromatic heterocycles. The van der Waals surface area contributed by atoms with Crippen molar-refractivity contribution >= 4 is 34.2 Å². The van der Waals surface area contributed by atoms with Gasteiger partial charge in [-0.25, -0.2) is 9.37 Å². The third-order valence-corrected chi connectivity index (χ3v) is 3.47. The van der Waals surface area contributed by atoms with Crippen molar-refractivity contribution in [1.82, 2.24) is 14.7 Å². The Morgan fingerprint density at radius 1 is 1.45 bits per heavy atom. The molecule has 0 N–H and O–H groups in total. The standard InChI is InChI=1S/C13H10Cl2FN3O/c1-7(14)13-18-11-4-9(15)10(16)5-12(11)19(13)6-8-2-3-17-20-8/h2-5,7H,6H2,1H3. The predicted molar refractivity (Wildman–Crippen MR) is 74.6 cm³/mol. The summed E-state index contributed by atoms with van der Waals surface area (Å²) < 4.78 is 20.6. The average molecular weight is 314 g/mol. The molecule has 1 unspecified atom stereocenters. The summed E-state index contributed by atoms with van der Waals surface area (Å²) in [6, 6.07) is 4.58. The molecule has 0 saturated heterocycles. The van der Waals surface area contributed by atoms with E-state index in [1.165, 1.54) is 12.1 Å². The largest absolute Gasteiger partial charge is 0.359 e. The molecule has 0 fully saturated rings. The van der Waals surface area contributed by atoms with E-state index < -0.39 is 5.82 Å². The second-order valence-electron chi connectivity index (χ2n) is 4.41. The molecule has 2 heterocycles. The summed E-state index contributed by atoms with van der Waals surface area (Å²) in [7, 11) is 0. The first-order chi connectivity index (χ1) is 9.56. The highest BCUT2D eigenvalue weighted by molar-refractivity contribution is 6.31. The van der Waals surface area contributed by atoms with Crippen molar-refractivity contribution < 1.29 is 8.91 Å². The minimum atomic E-state index is -0.494. The quantitative estimate of drug-likeness (QED) is 0.682. The Bertz CT molecular complexity index is 753. The van der Waals surface area contributed by atoms with E-state index in [9.17, 15) is 4.39 Å². The molecular formula is C13H10Cl2FN3O. The maximum Gasteiger partial charge on any atom is 0.156 e. The van der Waals surface area contributed by atoms with Crippen molar-refractivity contribution in [2.24, 2.45) is 0 Å². The topological polar surface area (TPSA) is 43.9 Å². The van der Waals surface area contributed by atoms with Crippen LogP contribution in [0.15, 0.2) is 28.9 Å². The van der Waals surface area contributed by atoms with Gasteiger partial charge in [-0.05, 0) is 13.0 Å². The molecule has 3 rings (SSSR count). The van der Waals surface area contributed by atoms with Gasteiger partial charge in [0.1, 0.15) is 11.6 Å². The molecule has 1 atom stereocenters. The third kappa shape index (κ3) is 2.27. The molecule has 4 nitrogen and oxygen atoms in total. The summed E-state index contributed by atoms with van der Waals surface area (Å²) in [5.41, 5.74) is 1.21. The molecule has 3 aromatic rings. The van der Waals surface area contributed by atoms with Gasteiger partial charge in [-0.1, -0.05) is 16.8 Å². The van der Waals surface area contributed by atoms with Crippen molar-refractivity contribution in [3.05, 3.63) is 46.8 Å². The van der Waals surface area contributed by atoms with Crippen LogP contribution in [-0.2, 0) is 6.54 Å².